The van der Waals surface area contributed by atoms with Crippen LogP contribution in [0.3, 0.4) is 0 Å². The molecule has 4 heteroatoms. The van der Waals surface area contributed by atoms with E-state index >= 15 is 0 Å². The Balaban J connectivity index is 2.14. The number of nitrogens with two attached hydrogens (primary N) is 1. The van der Waals surface area contributed by atoms with Gasteiger partial charge in [0.1, 0.15) is 6.61 Å². The number of ether oxygens (including phenoxy) is 1. The average molecular weight is 310 g/mol. The largest absolute Gasteiger partial charge is 0.486 e. The minimum Gasteiger partial charge on any atom is -0.486 e. The van der Waals surface area contributed by atoms with Gasteiger partial charge in [-0.1, -0.05) is 28.1 Å². The number of halogens is 2. The van der Waals surface area contributed by atoms with Crippen molar-refractivity contribution in [3.05, 3.63) is 57.8 Å². The highest BCUT2D eigenvalue weighted by molar-refractivity contribution is 9.10. The fourth-order valence-corrected chi connectivity index (χ4v) is 1.94. The van der Waals surface area contributed by atoms with E-state index in [2.05, 4.69) is 15.9 Å². The molecule has 0 heterocycles. The molecule has 94 valence electrons. The SMILES string of the molecule is Cc1c(N)cccc1COc1ccc(Br)cc1F. The van der Waals surface area contributed by atoms with Crippen LogP contribution in [0.4, 0.5) is 10.1 Å². The monoisotopic (exact) mass is 309 g/mol. The molecule has 2 nitrogen and oxygen atoms in total. The Labute approximate surface area is 114 Å². The van der Waals surface area contributed by atoms with Crippen molar-refractivity contribution in [1.82, 2.24) is 0 Å². The van der Waals surface area contributed by atoms with Crippen molar-refractivity contribution < 1.29 is 9.13 Å². The first-order valence-corrected chi connectivity index (χ1v) is 6.29. The molecule has 0 saturated heterocycles. The van der Waals surface area contributed by atoms with Gasteiger partial charge in [0.25, 0.3) is 0 Å². The predicted octanol–water partition coefficient (Wildman–Crippen LogP) is 4.06. The molecule has 2 aromatic rings. The van der Waals surface area contributed by atoms with E-state index in [9.17, 15) is 4.39 Å². The summed E-state index contributed by atoms with van der Waals surface area (Å²) in [5, 5.41) is 0. The van der Waals surface area contributed by atoms with Gasteiger partial charge in [0.15, 0.2) is 11.6 Å². The average Bonchev–Trinajstić information content (AvgIpc) is 2.33. The minimum absolute atomic E-state index is 0.236. The van der Waals surface area contributed by atoms with E-state index in [1.165, 1.54) is 6.07 Å². The molecule has 2 rings (SSSR count). The molecular weight excluding hydrogens is 297 g/mol. The standard InChI is InChI=1S/C14H13BrFNO/c1-9-10(3-2-4-13(9)17)8-18-14-6-5-11(15)7-12(14)16/h2-7H,8,17H2,1H3. The van der Waals surface area contributed by atoms with Crippen molar-refractivity contribution >= 4 is 21.6 Å². The van der Waals surface area contributed by atoms with Gasteiger partial charge in [0.2, 0.25) is 0 Å². The quantitative estimate of drug-likeness (QED) is 0.868. The van der Waals surface area contributed by atoms with E-state index in [0.29, 0.717) is 16.8 Å². The first-order chi connectivity index (χ1) is 8.58. The predicted molar refractivity (Wildman–Crippen MR) is 74.0 cm³/mol. The summed E-state index contributed by atoms with van der Waals surface area (Å²) in [4.78, 5) is 0. The molecule has 0 saturated carbocycles. The van der Waals surface area contributed by atoms with E-state index < -0.39 is 0 Å². The van der Waals surface area contributed by atoms with Crippen LogP contribution in [-0.4, -0.2) is 0 Å². The van der Waals surface area contributed by atoms with Crippen molar-refractivity contribution in [3.63, 3.8) is 0 Å². The molecule has 0 aliphatic carbocycles. The Morgan fingerprint density at radius 2 is 2.06 bits per heavy atom. The Morgan fingerprint density at radius 3 is 2.78 bits per heavy atom. The lowest BCUT2D eigenvalue weighted by Crippen LogP contribution is -2.01. The fourth-order valence-electron chi connectivity index (χ4n) is 1.61. The molecule has 0 radical (unpaired) electrons. The van der Waals surface area contributed by atoms with E-state index in [4.69, 9.17) is 10.5 Å². The maximum atomic E-state index is 13.6. The smallest absolute Gasteiger partial charge is 0.166 e. The van der Waals surface area contributed by atoms with Gasteiger partial charge in [0, 0.05) is 10.2 Å². The molecule has 18 heavy (non-hydrogen) atoms. The molecule has 0 aliphatic heterocycles. The lowest BCUT2D eigenvalue weighted by atomic mass is 10.1. The second-order valence-corrected chi connectivity index (χ2v) is 4.91. The lowest BCUT2D eigenvalue weighted by Gasteiger charge is -2.11. The Hall–Kier alpha value is -1.55. The normalized spacial score (nSPS) is 10.4. The van der Waals surface area contributed by atoms with Gasteiger partial charge in [-0.15, -0.1) is 0 Å². The Bertz CT molecular complexity index is 572. The summed E-state index contributed by atoms with van der Waals surface area (Å²) < 4.78 is 19.7. The number of nitrogen functional groups attached to an aromatic ring is 1. The van der Waals surface area contributed by atoms with Crippen LogP contribution in [0.2, 0.25) is 0 Å². The third-order valence-corrected chi connectivity index (χ3v) is 3.26. The topological polar surface area (TPSA) is 35.2 Å². The summed E-state index contributed by atoms with van der Waals surface area (Å²) in [5.74, 6) is -0.147. The van der Waals surface area contributed by atoms with Crippen LogP contribution in [0, 0.1) is 12.7 Å². The number of hydrogen-bond donors (Lipinski definition) is 1. The van der Waals surface area contributed by atoms with Gasteiger partial charge in [-0.2, -0.15) is 0 Å². The summed E-state index contributed by atoms with van der Waals surface area (Å²) in [6, 6.07) is 10.3. The van der Waals surface area contributed by atoms with E-state index in [-0.39, 0.29) is 11.6 Å². The van der Waals surface area contributed by atoms with Gasteiger partial charge >= 0.3 is 0 Å². The van der Waals surface area contributed by atoms with Crippen molar-refractivity contribution in [2.75, 3.05) is 5.73 Å². The van der Waals surface area contributed by atoms with Gasteiger partial charge in [-0.05, 0) is 42.3 Å². The van der Waals surface area contributed by atoms with Gasteiger partial charge in [-0.3, -0.25) is 0 Å². The second-order valence-electron chi connectivity index (χ2n) is 3.99. The number of hydrogen-bond acceptors (Lipinski definition) is 2. The summed E-state index contributed by atoms with van der Waals surface area (Å²) in [6.07, 6.45) is 0. The van der Waals surface area contributed by atoms with Crippen LogP contribution in [0.5, 0.6) is 5.75 Å². The fraction of sp³-hybridized carbons (Fsp3) is 0.143. The molecule has 0 atom stereocenters. The maximum Gasteiger partial charge on any atom is 0.166 e. The Morgan fingerprint density at radius 1 is 1.28 bits per heavy atom. The molecule has 0 unspecified atom stereocenters. The number of rotatable bonds is 3. The van der Waals surface area contributed by atoms with Crippen LogP contribution in [0.1, 0.15) is 11.1 Å². The third-order valence-electron chi connectivity index (χ3n) is 2.76. The van der Waals surface area contributed by atoms with Crippen LogP contribution in [-0.2, 0) is 6.61 Å². The third kappa shape index (κ3) is 2.82. The highest BCUT2D eigenvalue weighted by atomic mass is 79.9. The molecule has 0 amide bonds. The Kier molecular flexibility index (Phi) is 3.87. The van der Waals surface area contributed by atoms with Crippen LogP contribution in [0.25, 0.3) is 0 Å². The molecule has 0 fully saturated rings. The molecule has 0 aromatic heterocycles. The van der Waals surface area contributed by atoms with Crippen molar-refractivity contribution in [2.24, 2.45) is 0 Å². The molecule has 2 aromatic carbocycles. The highest BCUT2D eigenvalue weighted by Gasteiger charge is 2.06. The lowest BCUT2D eigenvalue weighted by molar-refractivity contribution is 0.289. The van der Waals surface area contributed by atoms with Crippen molar-refractivity contribution in [3.8, 4) is 5.75 Å². The van der Waals surface area contributed by atoms with Crippen LogP contribution in [0.15, 0.2) is 40.9 Å². The van der Waals surface area contributed by atoms with Crippen molar-refractivity contribution in [2.45, 2.75) is 13.5 Å². The van der Waals surface area contributed by atoms with Gasteiger partial charge in [0.05, 0.1) is 0 Å². The number of anilines is 1. The van der Waals surface area contributed by atoms with E-state index in [0.717, 1.165) is 11.1 Å². The second kappa shape index (κ2) is 5.40. The van der Waals surface area contributed by atoms with E-state index in [1.807, 2.05) is 25.1 Å². The summed E-state index contributed by atoms with van der Waals surface area (Å²) in [5.41, 5.74) is 8.44. The van der Waals surface area contributed by atoms with Crippen LogP contribution < -0.4 is 10.5 Å². The summed E-state index contributed by atoms with van der Waals surface area (Å²) in [6.45, 7) is 2.22. The zero-order valence-electron chi connectivity index (χ0n) is 9.91. The zero-order chi connectivity index (χ0) is 13.1. The molecule has 0 aliphatic rings. The highest BCUT2D eigenvalue weighted by Crippen LogP contribution is 2.23. The van der Waals surface area contributed by atoms with E-state index in [1.54, 1.807) is 12.1 Å². The zero-order valence-corrected chi connectivity index (χ0v) is 11.5. The summed E-state index contributed by atoms with van der Waals surface area (Å²) in [7, 11) is 0. The number of benzene rings is 2. The van der Waals surface area contributed by atoms with Crippen LogP contribution >= 0.6 is 15.9 Å². The van der Waals surface area contributed by atoms with Gasteiger partial charge < -0.3 is 10.5 Å². The first-order valence-electron chi connectivity index (χ1n) is 5.50. The van der Waals surface area contributed by atoms with Gasteiger partial charge in [-0.25, -0.2) is 4.39 Å². The first kappa shape index (κ1) is 12.9. The maximum absolute atomic E-state index is 13.6. The van der Waals surface area contributed by atoms with Crippen molar-refractivity contribution in [1.29, 1.82) is 0 Å². The molecule has 0 spiro atoms. The summed E-state index contributed by atoms with van der Waals surface area (Å²) >= 11 is 3.20. The molecular formula is C14H13BrFNO. The molecule has 0 bridgehead atoms. The molecule has 2 N–H and O–H groups in total. The minimum atomic E-state index is -0.383.